The molecule has 0 aliphatic heterocycles. The Kier molecular flexibility index (Phi) is 8.28. The first-order valence-electron chi connectivity index (χ1n) is 10.6. The molecule has 0 aliphatic carbocycles. The molecule has 4 rings (SSSR count). The topological polar surface area (TPSA) is 115 Å². The molecule has 2 aromatic carbocycles. The van der Waals surface area contributed by atoms with Gasteiger partial charge in [0.25, 0.3) is 5.91 Å². The lowest BCUT2D eigenvalue weighted by molar-refractivity contribution is -0.137. The lowest BCUT2D eigenvalue weighted by Gasteiger charge is -2.14. The fourth-order valence-corrected chi connectivity index (χ4v) is 4.81. The van der Waals surface area contributed by atoms with Crippen molar-refractivity contribution in [2.45, 2.75) is 24.8 Å². The molecule has 0 aliphatic rings. The first kappa shape index (κ1) is 27.5. The van der Waals surface area contributed by atoms with Crippen LogP contribution in [0.2, 0.25) is 5.02 Å². The lowest BCUT2D eigenvalue weighted by atomic mass is 10.2. The average Bonchev–Trinajstić information content (AvgIpc) is 3.46. The van der Waals surface area contributed by atoms with Gasteiger partial charge in [0.15, 0.2) is 11.0 Å². The molecule has 0 spiro atoms. The van der Waals surface area contributed by atoms with E-state index in [4.69, 9.17) is 11.6 Å². The molecule has 0 saturated heterocycles. The number of hydrogen-bond acceptors (Lipinski definition) is 8. The molecule has 38 heavy (non-hydrogen) atoms. The third-order valence-electron chi connectivity index (χ3n) is 4.83. The van der Waals surface area contributed by atoms with E-state index in [9.17, 15) is 27.2 Å². The molecular formula is C22H16ClF4N7O2S2. The van der Waals surface area contributed by atoms with Gasteiger partial charge in [-0.3, -0.25) is 19.5 Å². The normalized spacial score (nSPS) is 11.4. The van der Waals surface area contributed by atoms with Crippen LogP contribution in [-0.4, -0.2) is 42.5 Å². The highest BCUT2D eigenvalue weighted by molar-refractivity contribution is 7.99. The molecule has 0 unspecified atom stereocenters. The van der Waals surface area contributed by atoms with Gasteiger partial charge in [-0.1, -0.05) is 46.8 Å². The molecule has 0 fully saturated rings. The second-order valence-corrected chi connectivity index (χ2v) is 10.1. The Morgan fingerprint density at radius 3 is 2.55 bits per heavy atom. The minimum atomic E-state index is -4.62. The summed E-state index contributed by atoms with van der Waals surface area (Å²) in [4.78, 5) is 24.9. The van der Waals surface area contributed by atoms with Crippen LogP contribution < -0.4 is 10.6 Å². The van der Waals surface area contributed by atoms with Gasteiger partial charge in [-0.25, -0.2) is 4.39 Å². The van der Waals surface area contributed by atoms with Crippen LogP contribution in [0.5, 0.6) is 0 Å². The van der Waals surface area contributed by atoms with Crippen LogP contribution in [0, 0.1) is 12.7 Å². The van der Waals surface area contributed by atoms with E-state index in [0.29, 0.717) is 10.1 Å². The zero-order valence-electron chi connectivity index (χ0n) is 19.2. The van der Waals surface area contributed by atoms with E-state index in [0.717, 1.165) is 30.0 Å². The summed E-state index contributed by atoms with van der Waals surface area (Å²) in [5.74, 6) is -2.29. The zero-order chi connectivity index (χ0) is 27.4. The van der Waals surface area contributed by atoms with Crippen molar-refractivity contribution in [3.8, 4) is 5.69 Å². The molecule has 2 N–H and O–H groups in total. The molecule has 0 radical (unpaired) electrons. The van der Waals surface area contributed by atoms with Crippen molar-refractivity contribution in [3.05, 3.63) is 75.3 Å². The standard InChI is InChI=1S/C22H16ClF4N7O2S2/c1-11-30-32-20(38-11)29-17(35)10-37-21-33-31-16(9-28-19(36)18-14(23)6-3-7-15(18)24)34(21)13-5-2-4-12(8-13)22(25,26)27/h2-8H,9-10H2,1H3,(H,28,36)(H,29,32,35). The van der Waals surface area contributed by atoms with Gasteiger partial charge in [-0.2, -0.15) is 13.2 Å². The van der Waals surface area contributed by atoms with Crippen molar-refractivity contribution in [1.82, 2.24) is 30.3 Å². The predicted molar refractivity (Wildman–Crippen MR) is 133 cm³/mol. The average molecular weight is 586 g/mol. The number of nitrogens with one attached hydrogen (secondary N) is 2. The molecule has 16 heteroatoms. The number of alkyl halides is 3. The SMILES string of the molecule is Cc1nnc(NC(=O)CSc2nnc(CNC(=O)c3c(F)cccc3Cl)n2-c2cccc(C(F)(F)F)c2)s1. The number of thioether (sulfide) groups is 1. The largest absolute Gasteiger partial charge is 0.416 e. The Hall–Kier alpha value is -3.56. The Bertz CT molecular complexity index is 1470. The first-order chi connectivity index (χ1) is 18.0. The molecule has 0 bridgehead atoms. The van der Waals surface area contributed by atoms with Crippen molar-refractivity contribution in [2.24, 2.45) is 0 Å². The summed E-state index contributed by atoms with van der Waals surface area (Å²) in [6.45, 7) is 1.39. The van der Waals surface area contributed by atoms with Gasteiger partial charge in [0, 0.05) is 0 Å². The molecule has 0 saturated carbocycles. The van der Waals surface area contributed by atoms with E-state index in [1.165, 1.54) is 40.2 Å². The van der Waals surface area contributed by atoms with E-state index in [1.807, 2.05) is 0 Å². The van der Waals surface area contributed by atoms with Crippen LogP contribution in [0.15, 0.2) is 47.6 Å². The summed E-state index contributed by atoms with van der Waals surface area (Å²) in [6, 6.07) is 8.13. The number of anilines is 1. The number of halogens is 5. The number of benzene rings is 2. The lowest BCUT2D eigenvalue weighted by Crippen LogP contribution is -2.26. The molecule has 2 amide bonds. The molecule has 4 aromatic rings. The highest BCUT2D eigenvalue weighted by Crippen LogP contribution is 2.32. The number of carbonyl (C=O) groups excluding carboxylic acids is 2. The number of rotatable bonds is 8. The number of carbonyl (C=O) groups is 2. The molecule has 2 heterocycles. The Morgan fingerprint density at radius 1 is 1.11 bits per heavy atom. The van der Waals surface area contributed by atoms with Crippen molar-refractivity contribution >= 4 is 51.6 Å². The second-order valence-electron chi connectivity index (χ2n) is 7.52. The summed E-state index contributed by atoms with van der Waals surface area (Å²) in [7, 11) is 0. The van der Waals surface area contributed by atoms with Crippen LogP contribution in [-0.2, 0) is 17.5 Å². The maximum atomic E-state index is 14.1. The van der Waals surface area contributed by atoms with Crippen molar-refractivity contribution in [3.63, 3.8) is 0 Å². The maximum absolute atomic E-state index is 14.1. The Morgan fingerprint density at radius 2 is 1.87 bits per heavy atom. The fraction of sp³-hybridized carbons (Fsp3) is 0.182. The van der Waals surface area contributed by atoms with Gasteiger partial charge in [0.1, 0.15) is 10.8 Å². The van der Waals surface area contributed by atoms with Crippen molar-refractivity contribution in [2.75, 3.05) is 11.1 Å². The fourth-order valence-electron chi connectivity index (χ4n) is 3.18. The highest BCUT2D eigenvalue weighted by atomic mass is 35.5. The quantitative estimate of drug-likeness (QED) is 0.223. The first-order valence-corrected chi connectivity index (χ1v) is 12.8. The summed E-state index contributed by atoms with van der Waals surface area (Å²) in [5.41, 5.74) is -1.27. The molecule has 0 atom stereocenters. The van der Waals surface area contributed by atoms with Gasteiger partial charge in [0.2, 0.25) is 11.0 Å². The summed E-state index contributed by atoms with van der Waals surface area (Å²) in [5, 5.41) is 21.5. The van der Waals surface area contributed by atoms with E-state index in [-0.39, 0.29) is 34.0 Å². The van der Waals surface area contributed by atoms with E-state index >= 15 is 0 Å². The Balaban J connectivity index is 1.59. The van der Waals surface area contributed by atoms with Crippen LogP contribution >= 0.6 is 34.7 Å². The van der Waals surface area contributed by atoms with Gasteiger partial charge in [-0.05, 0) is 37.3 Å². The molecular weight excluding hydrogens is 570 g/mol. The van der Waals surface area contributed by atoms with Crippen LogP contribution in [0.1, 0.15) is 26.8 Å². The molecule has 9 nitrogen and oxygen atoms in total. The number of aromatic nitrogens is 5. The predicted octanol–water partition coefficient (Wildman–Crippen LogP) is 4.90. The summed E-state index contributed by atoms with van der Waals surface area (Å²) >= 11 is 8.02. The Labute approximate surface area is 225 Å². The number of nitrogens with zero attached hydrogens (tertiary/aromatic N) is 5. The van der Waals surface area contributed by atoms with Crippen LogP contribution in [0.3, 0.4) is 0 Å². The number of aryl methyl sites for hydroxylation is 1. The van der Waals surface area contributed by atoms with Crippen LogP contribution in [0.4, 0.5) is 22.7 Å². The summed E-state index contributed by atoms with van der Waals surface area (Å²) < 4.78 is 55.5. The van der Waals surface area contributed by atoms with Gasteiger partial charge in [-0.15, -0.1) is 20.4 Å². The monoisotopic (exact) mass is 585 g/mol. The van der Waals surface area contributed by atoms with Gasteiger partial charge in [0.05, 0.1) is 34.1 Å². The third-order valence-corrected chi connectivity index (χ3v) is 6.83. The van der Waals surface area contributed by atoms with Gasteiger partial charge < -0.3 is 5.32 Å². The number of amides is 2. The van der Waals surface area contributed by atoms with E-state index < -0.39 is 34.9 Å². The molecule has 2 aromatic heterocycles. The van der Waals surface area contributed by atoms with E-state index in [1.54, 1.807) is 6.92 Å². The van der Waals surface area contributed by atoms with Crippen molar-refractivity contribution in [1.29, 1.82) is 0 Å². The zero-order valence-corrected chi connectivity index (χ0v) is 21.6. The minimum absolute atomic E-state index is 0.0350. The number of hydrogen-bond donors (Lipinski definition) is 2. The third kappa shape index (κ3) is 6.46. The summed E-state index contributed by atoms with van der Waals surface area (Å²) in [6.07, 6.45) is -4.62. The van der Waals surface area contributed by atoms with Gasteiger partial charge >= 0.3 is 6.18 Å². The highest BCUT2D eigenvalue weighted by Gasteiger charge is 2.31. The minimum Gasteiger partial charge on any atom is -0.345 e. The van der Waals surface area contributed by atoms with Crippen molar-refractivity contribution < 1.29 is 27.2 Å². The second kappa shape index (κ2) is 11.4. The van der Waals surface area contributed by atoms with Crippen LogP contribution in [0.25, 0.3) is 5.69 Å². The van der Waals surface area contributed by atoms with E-state index in [2.05, 4.69) is 31.0 Å². The maximum Gasteiger partial charge on any atom is 0.416 e. The smallest absolute Gasteiger partial charge is 0.345 e. The molecule has 198 valence electrons.